The molecule has 20 heavy (non-hydrogen) atoms. The van der Waals surface area contributed by atoms with Crippen molar-refractivity contribution < 1.29 is 13.2 Å². The van der Waals surface area contributed by atoms with E-state index in [1.807, 2.05) is 31.3 Å². The molecule has 0 saturated carbocycles. The van der Waals surface area contributed by atoms with Gasteiger partial charge in [-0.2, -0.15) is 13.2 Å². The SMILES string of the molecule is CCN(CCC(NC)c1ccccc1Br)CC(F)(F)F. The zero-order chi connectivity index (χ0) is 15.2. The minimum absolute atomic E-state index is 0.0351. The third-order valence-corrected chi connectivity index (χ3v) is 3.94. The van der Waals surface area contributed by atoms with E-state index in [1.165, 1.54) is 4.90 Å². The second-order valence-corrected chi connectivity index (χ2v) is 5.49. The highest BCUT2D eigenvalue weighted by Gasteiger charge is 2.30. The second kappa shape index (κ2) is 8.00. The molecule has 1 aromatic carbocycles. The molecule has 0 aliphatic rings. The number of rotatable bonds is 7. The maximum Gasteiger partial charge on any atom is 0.401 e. The van der Waals surface area contributed by atoms with Crippen LogP contribution in [0.2, 0.25) is 0 Å². The van der Waals surface area contributed by atoms with Crippen LogP contribution in [0.4, 0.5) is 13.2 Å². The normalized spacial score (nSPS) is 13.8. The average Bonchev–Trinajstić information content (AvgIpc) is 2.38. The molecule has 1 aromatic rings. The van der Waals surface area contributed by atoms with Gasteiger partial charge in [0, 0.05) is 17.1 Å². The average molecular weight is 353 g/mol. The summed E-state index contributed by atoms with van der Waals surface area (Å²) in [6.07, 6.45) is -3.51. The van der Waals surface area contributed by atoms with Crippen molar-refractivity contribution >= 4 is 15.9 Å². The van der Waals surface area contributed by atoms with Crippen molar-refractivity contribution in [2.24, 2.45) is 0 Å². The van der Waals surface area contributed by atoms with Gasteiger partial charge >= 0.3 is 6.18 Å². The fourth-order valence-electron chi connectivity index (χ4n) is 2.13. The van der Waals surface area contributed by atoms with Gasteiger partial charge in [-0.1, -0.05) is 41.1 Å². The molecule has 0 amide bonds. The molecule has 0 aliphatic carbocycles. The summed E-state index contributed by atoms with van der Waals surface area (Å²) in [4.78, 5) is 1.42. The first kappa shape index (κ1) is 17.5. The Kier molecular flexibility index (Phi) is 6.99. The van der Waals surface area contributed by atoms with Gasteiger partial charge in [-0.25, -0.2) is 0 Å². The summed E-state index contributed by atoms with van der Waals surface area (Å²) in [7, 11) is 1.82. The van der Waals surface area contributed by atoms with Crippen molar-refractivity contribution in [1.82, 2.24) is 10.2 Å². The van der Waals surface area contributed by atoms with Gasteiger partial charge in [-0.3, -0.25) is 4.90 Å². The Bertz CT molecular complexity index is 410. The zero-order valence-corrected chi connectivity index (χ0v) is 13.3. The summed E-state index contributed by atoms with van der Waals surface area (Å²) < 4.78 is 38.2. The number of halogens is 4. The lowest BCUT2D eigenvalue weighted by molar-refractivity contribution is -0.145. The molecule has 1 N–H and O–H groups in total. The summed E-state index contributed by atoms with van der Waals surface area (Å²) in [5, 5.41) is 3.16. The number of nitrogens with one attached hydrogen (secondary N) is 1. The van der Waals surface area contributed by atoms with Crippen LogP contribution in [0.25, 0.3) is 0 Å². The Balaban J connectivity index is 2.63. The third-order valence-electron chi connectivity index (χ3n) is 3.21. The van der Waals surface area contributed by atoms with Crippen LogP contribution in [0.1, 0.15) is 24.9 Å². The molecule has 1 rings (SSSR count). The van der Waals surface area contributed by atoms with Crippen molar-refractivity contribution in [1.29, 1.82) is 0 Å². The molecule has 0 aliphatic heterocycles. The van der Waals surface area contributed by atoms with E-state index in [9.17, 15) is 13.2 Å². The highest BCUT2D eigenvalue weighted by molar-refractivity contribution is 9.10. The number of benzene rings is 1. The highest BCUT2D eigenvalue weighted by Crippen LogP contribution is 2.26. The van der Waals surface area contributed by atoms with E-state index >= 15 is 0 Å². The Morgan fingerprint density at radius 3 is 2.45 bits per heavy atom. The smallest absolute Gasteiger partial charge is 0.313 e. The predicted molar refractivity (Wildman–Crippen MR) is 78.7 cm³/mol. The van der Waals surface area contributed by atoms with Gasteiger partial charge in [0.05, 0.1) is 6.54 Å². The van der Waals surface area contributed by atoms with Gasteiger partial charge in [-0.05, 0) is 31.6 Å². The van der Waals surface area contributed by atoms with Crippen molar-refractivity contribution in [2.45, 2.75) is 25.6 Å². The van der Waals surface area contributed by atoms with Gasteiger partial charge in [-0.15, -0.1) is 0 Å². The summed E-state index contributed by atoms with van der Waals surface area (Å²) >= 11 is 3.48. The number of hydrogen-bond acceptors (Lipinski definition) is 2. The summed E-state index contributed by atoms with van der Waals surface area (Å²) in [5.74, 6) is 0. The van der Waals surface area contributed by atoms with Gasteiger partial charge in [0.25, 0.3) is 0 Å². The lowest BCUT2D eigenvalue weighted by Crippen LogP contribution is -2.36. The fourth-order valence-corrected chi connectivity index (χ4v) is 2.69. The van der Waals surface area contributed by atoms with Gasteiger partial charge < -0.3 is 5.32 Å². The van der Waals surface area contributed by atoms with Crippen molar-refractivity contribution in [2.75, 3.05) is 26.7 Å². The molecule has 2 nitrogen and oxygen atoms in total. The van der Waals surface area contributed by atoms with E-state index in [1.54, 1.807) is 6.92 Å². The van der Waals surface area contributed by atoms with Crippen LogP contribution in [-0.2, 0) is 0 Å². The Hall–Kier alpha value is -0.590. The van der Waals surface area contributed by atoms with Crippen LogP contribution < -0.4 is 5.32 Å². The Morgan fingerprint density at radius 1 is 1.30 bits per heavy atom. The van der Waals surface area contributed by atoms with Crippen molar-refractivity contribution in [3.63, 3.8) is 0 Å². The van der Waals surface area contributed by atoms with Crippen LogP contribution in [0.3, 0.4) is 0 Å². The van der Waals surface area contributed by atoms with Gasteiger partial charge in [0.15, 0.2) is 0 Å². The molecule has 0 spiro atoms. The summed E-state index contributed by atoms with van der Waals surface area (Å²) in [6, 6.07) is 7.80. The first-order valence-electron chi connectivity index (χ1n) is 6.58. The van der Waals surface area contributed by atoms with Crippen LogP contribution in [0.5, 0.6) is 0 Å². The first-order valence-corrected chi connectivity index (χ1v) is 7.37. The van der Waals surface area contributed by atoms with Crippen LogP contribution in [0.15, 0.2) is 28.7 Å². The quantitative estimate of drug-likeness (QED) is 0.798. The van der Waals surface area contributed by atoms with E-state index in [2.05, 4.69) is 21.2 Å². The van der Waals surface area contributed by atoms with E-state index < -0.39 is 12.7 Å². The maximum atomic E-state index is 12.4. The molecule has 1 atom stereocenters. The standard InChI is InChI=1S/C14H20BrF3N2/c1-3-20(10-14(16,17)18)9-8-13(19-2)11-6-4-5-7-12(11)15/h4-7,13,19H,3,8-10H2,1-2H3. The maximum absolute atomic E-state index is 12.4. The molecule has 0 aromatic heterocycles. The molecule has 0 heterocycles. The Morgan fingerprint density at radius 2 is 1.95 bits per heavy atom. The number of nitrogens with zero attached hydrogens (tertiary/aromatic N) is 1. The fraction of sp³-hybridized carbons (Fsp3) is 0.571. The van der Waals surface area contributed by atoms with E-state index in [0.717, 1.165) is 10.0 Å². The van der Waals surface area contributed by atoms with Crippen LogP contribution in [-0.4, -0.2) is 37.8 Å². The van der Waals surface area contributed by atoms with E-state index in [-0.39, 0.29) is 6.04 Å². The molecule has 6 heteroatoms. The van der Waals surface area contributed by atoms with E-state index in [0.29, 0.717) is 19.5 Å². The van der Waals surface area contributed by atoms with Crippen LogP contribution in [0, 0.1) is 0 Å². The molecule has 0 radical (unpaired) electrons. The molecule has 0 bridgehead atoms. The first-order chi connectivity index (χ1) is 9.37. The summed E-state index contributed by atoms with van der Waals surface area (Å²) in [5.41, 5.74) is 1.07. The lowest BCUT2D eigenvalue weighted by Gasteiger charge is -2.25. The molecule has 114 valence electrons. The monoisotopic (exact) mass is 352 g/mol. The topological polar surface area (TPSA) is 15.3 Å². The largest absolute Gasteiger partial charge is 0.401 e. The molecular formula is C14H20BrF3N2. The minimum Gasteiger partial charge on any atom is -0.313 e. The van der Waals surface area contributed by atoms with Crippen molar-refractivity contribution in [3.8, 4) is 0 Å². The lowest BCUT2D eigenvalue weighted by atomic mass is 10.0. The van der Waals surface area contributed by atoms with Gasteiger partial charge in [0.1, 0.15) is 0 Å². The molecular weight excluding hydrogens is 333 g/mol. The molecule has 0 fully saturated rings. The third kappa shape index (κ3) is 5.81. The predicted octanol–water partition coefficient (Wildman–Crippen LogP) is 3.98. The van der Waals surface area contributed by atoms with Crippen LogP contribution >= 0.6 is 15.9 Å². The molecule has 0 saturated heterocycles. The Labute approximate surface area is 126 Å². The van der Waals surface area contributed by atoms with E-state index in [4.69, 9.17) is 0 Å². The summed E-state index contributed by atoms with van der Waals surface area (Å²) in [6.45, 7) is 1.70. The minimum atomic E-state index is -4.14. The van der Waals surface area contributed by atoms with Crippen molar-refractivity contribution in [3.05, 3.63) is 34.3 Å². The number of alkyl halides is 3. The van der Waals surface area contributed by atoms with Gasteiger partial charge in [0.2, 0.25) is 0 Å². The zero-order valence-electron chi connectivity index (χ0n) is 11.7. The molecule has 1 unspecified atom stereocenters. The highest BCUT2D eigenvalue weighted by atomic mass is 79.9. The number of hydrogen-bond donors (Lipinski definition) is 1. The second-order valence-electron chi connectivity index (χ2n) is 4.64.